The molecule has 1 saturated carbocycles. The van der Waals surface area contributed by atoms with Crippen LogP contribution in [0.2, 0.25) is 0 Å². The van der Waals surface area contributed by atoms with Crippen molar-refractivity contribution < 1.29 is 13.2 Å². The Morgan fingerprint density at radius 2 is 1.95 bits per heavy atom. The minimum Gasteiger partial charge on any atom is -0.324 e. The normalized spacial score (nSPS) is 16.3. The van der Waals surface area contributed by atoms with Crippen molar-refractivity contribution in [3.05, 3.63) is 28.7 Å². The molecule has 0 aromatic heterocycles. The molecule has 1 aliphatic rings. The van der Waals surface area contributed by atoms with Crippen LogP contribution in [-0.2, 0) is 14.8 Å². The molecule has 0 unspecified atom stereocenters. The number of nitrogens with one attached hydrogen (secondary N) is 1. The van der Waals surface area contributed by atoms with E-state index >= 15 is 0 Å². The van der Waals surface area contributed by atoms with Gasteiger partial charge in [0.25, 0.3) is 0 Å². The number of halogens is 1. The van der Waals surface area contributed by atoms with Gasteiger partial charge in [-0.15, -0.1) is 0 Å². The Balaban J connectivity index is 2.06. The van der Waals surface area contributed by atoms with E-state index < -0.39 is 10.0 Å². The summed E-state index contributed by atoms with van der Waals surface area (Å²) in [6.45, 7) is -0.134. The van der Waals surface area contributed by atoms with E-state index in [4.69, 9.17) is 0 Å². The Kier molecular flexibility index (Phi) is 5.40. The molecule has 0 bridgehead atoms. The van der Waals surface area contributed by atoms with E-state index in [-0.39, 0.29) is 18.5 Å². The van der Waals surface area contributed by atoms with Crippen molar-refractivity contribution in [2.75, 3.05) is 18.1 Å². The smallest absolute Gasteiger partial charge is 0.239 e. The molecule has 0 aliphatic heterocycles. The number of hydrogen-bond acceptors (Lipinski definition) is 3. The third-order valence-electron chi connectivity index (χ3n) is 3.61. The summed E-state index contributed by atoms with van der Waals surface area (Å²) in [5.41, 5.74) is 0.641. The van der Waals surface area contributed by atoms with E-state index in [1.165, 1.54) is 4.31 Å². The van der Waals surface area contributed by atoms with Crippen molar-refractivity contribution in [2.24, 2.45) is 0 Å². The van der Waals surface area contributed by atoms with Gasteiger partial charge in [0.1, 0.15) is 0 Å². The highest BCUT2D eigenvalue weighted by Gasteiger charge is 2.30. The molecule has 1 aromatic carbocycles. The van der Waals surface area contributed by atoms with Crippen LogP contribution in [0.5, 0.6) is 0 Å². The molecule has 21 heavy (non-hydrogen) atoms. The summed E-state index contributed by atoms with van der Waals surface area (Å²) in [6, 6.07) is 7.20. The molecule has 1 fully saturated rings. The van der Waals surface area contributed by atoms with Gasteiger partial charge in [0, 0.05) is 10.5 Å². The van der Waals surface area contributed by atoms with Crippen molar-refractivity contribution in [3.8, 4) is 0 Å². The number of anilines is 1. The van der Waals surface area contributed by atoms with Gasteiger partial charge in [0.2, 0.25) is 15.9 Å². The third-order valence-corrected chi connectivity index (χ3v) is 5.58. The Morgan fingerprint density at radius 1 is 1.33 bits per heavy atom. The van der Waals surface area contributed by atoms with E-state index in [0.29, 0.717) is 5.69 Å². The number of amides is 1. The standard InChI is InChI=1S/C14H19BrN2O3S/c1-21(19,20)17(11-6-2-3-7-11)10-14(18)16-13-9-5-4-8-12(13)15/h4-5,8-9,11H,2-3,6-7,10H2,1H3,(H,16,18). The topological polar surface area (TPSA) is 66.5 Å². The van der Waals surface area contributed by atoms with Crippen LogP contribution in [0.4, 0.5) is 5.69 Å². The van der Waals surface area contributed by atoms with Gasteiger partial charge in [-0.1, -0.05) is 25.0 Å². The molecule has 1 aromatic rings. The minimum atomic E-state index is -3.39. The summed E-state index contributed by atoms with van der Waals surface area (Å²) < 4.78 is 25.9. The van der Waals surface area contributed by atoms with Crippen LogP contribution in [0.3, 0.4) is 0 Å². The summed E-state index contributed by atoms with van der Waals surface area (Å²) in [6.07, 6.45) is 4.85. The second kappa shape index (κ2) is 6.89. The van der Waals surface area contributed by atoms with Crippen molar-refractivity contribution >= 4 is 37.5 Å². The minimum absolute atomic E-state index is 0.0510. The molecule has 0 heterocycles. The number of carbonyl (C=O) groups excluding carboxylic acids is 1. The number of sulfonamides is 1. The van der Waals surface area contributed by atoms with Gasteiger partial charge < -0.3 is 5.32 Å². The zero-order valence-corrected chi connectivity index (χ0v) is 14.3. The molecule has 0 radical (unpaired) electrons. The molecule has 116 valence electrons. The van der Waals surface area contributed by atoms with E-state index in [1.54, 1.807) is 6.07 Å². The second-order valence-electron chi connectivity index (χ2n) is 5.27. The van der Waals surface area contributed by atoms with Gasteiger partial charge in [0.05, 0.1) is 18.5 Å². The second-order valence-corrected chi connectivity index (χ2v) is 8.06. The van der Waals surface area contributed by atoms with Crippen molar-refractivity contribution in [1.82, 2.24) is 4.31 Å². The molecule has 0 atom stereocenters. The van der Waals surface area contributed by atoms with Gasteiger partial charge in [-0.2, -0.15) is 4.31 Å². The molecule has 7 heteroatoms. The molecule has 0 spiro atoms. The lowest BCUT2D eigenvalue weighted by atomic mass is 10.2. The molecule has 0 saturated heterocycles. The quantitative estimate of drug-likeness (QED) is 0.860. The lowest BCUT2D eigenvalue weighted by Gasteiger charge is -2.25. The Hall–Kier alpha value is -0.920. The highest BCUT2D eigenvalue weighted by molar-refractivity contribution is 9.10. The number of carbonyl (C=O) groups is 1. The fourth-order valence-electron chi connectivity index (χ4n) is 2.60. The molecule has 2 rings (SSSR count). The maximum Gasteiger partial charge on any atom is 0.239 e. The number of benzene rings is 1. The predicted molar refractivity (Wildman–Crippen MR) is 86.6 cm³/mol. The van der Waals surface area contributed by atoms with Crippen LogP contribution in [-0.4, -0.2) is 37.5 Å². The molecule has 1 aliphatic carbocycles. The van der Waals surface area contributed by atoms with E-state index in [2.05, 4.69) is 21.2 Å². The summed E-state index contributed by atoms with van der Waals surface area (Å²) in [7, 11) is -3.39. The van der Waals surface area contributed by atoms with Gasteiger partial charge in [-0.25, -0.2) is 8.42 Å². The fraction of sp³-hybridized carbons (Fsp3) is 0.500. The summed E-state index contributed by atoms with van der Waals surface area (Å²) in [5, 5.41) is 2.74. The van der Waals surface area contributed by atoms with E-state index in [1.807, 2.05) is 18.2 Å². The lowest BCUT2D eigenvalue weighted by molar-refractivity contribution is -0.116. The fourth-order valence-corrected chi connectivity index (χ4v) is 4.09. The van der Waals surface area contributed by atoms with Gasteiger partial charge in [-0.3, -0.25) is 4.79 Å². The number of para-hydroxylation sites is 1. The predicted octanol–water partition coefficient (Wildman–Crippen LogP) is 2.59. The Bertz CT molecular complexity index is 612. The van der Waals surface area contributed by atoms with Crippen molar-refractivity contribution in [3.63, 3.8) is 0 Å². The zero-order valence-electron chi connectivity index (χ0n) is 11.9. The van der Waals surface area contributed by atoms with Gasteiger partial charge in [0.15, 0.2) is 0 Å². The molecule has 1 N–H and O–H groups in total. The molecular weight excluding hydrogens is 356 g/mol. The van der Waals surface area contributed by atoms with Gasteiger partial charge in [-0.05, 0) is 40.9 Å². The highest BCUT2D eigenvalue weighted by Crippen LogP contribution is 2.26. The van der Waals surface area contributed by atoms with Crippen LogP contribution >= 0.6 is 15.9 Å². The van der Waals surface area contributed by atoms with Crippen LogP contribution in [0.25, 0.3) is 0 Å². The number of hydrogen-bond donors (Lipinski definition) is 1. The summed E-state index contributed by atoms with van der Waals surface area (Å²) >= 11 is 3.35. The third kappa shape index (κ3) is 4.52. The van der Waals surface area contributed by atoms with E-state index in [9.17, 15) is 13.2 Å². The lowest BCUT2D eigenvalue weighted by Crippen LogP contribution is -2.43. The Labute approximate surface area is 133 Å². The van der Waals surface area contributed by atoms with Crippen LogP contribution in [0.15, 0.2) is 28.7 Å². The Morgan fingerprint density at radius 3 is 2.52 bits per heavy atom. The van der Waals surface area contributed by atoms with E-state index in [0.717, 1.165) is 36.4 Å². The SMILES string of the molecule is CS(=O)(=O)N(CC(=O)Nc1ccccc1Br)C1CCCC1. The van der Waals surface area contributed by atoms with Crippen molar-refractivity contribution in [2.45, 2.75) is 31.7 Å². The van der Waals surface area contributed by atoms with Crippen LogP contribution in [0, 0.1) is 0 Å². The monoisotopic (exact) mass is 374 g/mol. The first-order valence-electron chi connectivity index (χ1n) is 6.89. The molecule has 1 amide bonds. The first kappa shape index (κ1) is 16.5. The molecule has 5 nitrogen and oxygen atoms in total. The average molecular weight is 375 g/mol. The van der Waals surface area contributed by atoms with Gasteiger partial charge >= 0.3 is 0 Å². The van der Waals surface area contributed by atoms with Crippen LogP contribution in [0.1, 0.15) is 25.7 Å². The van der Waals surface area contributed by atoms with Crippen molar-refractivity contribution in [1.29, 1.82) is 0 Å². The summed E-state index contributed by atoms with van der Waals surface area (Å²) in [5.74, 6) is -0.320. The summed E-state index contributed by atoms with van der Waals surface area (Å²) in [4.78, 5) is 12.1. The number of nitrogens with zero attached hydrogens (tertiary/aromatic N) is 1. The highest BCUT2D eigenvalue weighted by atomic mass is 79.9. The largest absolute Gasteiger partial charge is 0.324 e. The first-order valence-corrected chi connectivity index (χ1v) is 9.53. The maximum atomic E-state index is 12.1. The zero-order chi connectivity index (χ0) is 15.5. The number of rotatable bonds is 5. The first-order chi connectivity index (χ1) is 9.88. The molecular formula is C14H19BrN2O3S. The maximum absolute atomic E-state index is 12.1. The average Bonchev–Trinajstić information content (AvgIpc) is 2.91. The van der Waals surface area contributed by atoms with Crippen LogP contribution < -0.4 is 5.32 Å².